The van der Waals surface area contributed by atoms with E-state index in [0.717, 1.165) is 18.6 Å². The van der Waals surface area contributed by atoms with Crippen molar-refractivity contribution in [1.29, 1.82) is 0 Å². The lowest BCUT2D eigenvalue weighted by Gasteiger charge is -2.21. The molecule has 0 heterocycles. The van der Waals surface area contributed by atoms with Crippen LogP contribution in [0.3, 0.4) is 0 Å². The third kappa shape index (κ3) is 4.04. The number of rotatable bonds is 6. The molecule has 2 N–H and O–H groups in total. The lowest BCUT2D eigenvalue weighted by Crippen LogP contribution is -2.26. The summed E-state index contributed by atoms with van der Waals surface area (Å²) < 4.78 is 6.05. The second-order valence-corrected chi connectivity index (χ2v) is 4.96. The number of aryl methyl sites for hydroxylation is 1. The topological polar surface area (TPSA) is 35.2 Å². The quantitative estimate of drug-likeness (QED) is 0.817. The van der Waals surface area contributed by atoms with Crippen molar-refractivity contribution in [2.75, 3.05) is 6.54 Å². The third-order valence-electron chi connectivity index (χ3n) is 2.96. The molecule has 1 aromatic rings. The standard InChI is InChI=1S/C15H25NO/c1-5-6-13(10-16)17-15-9-12(4)7-8-14(15)11(2)3/h7-9,11,13H,5-6,10,16H2,1-4H3. The van der Waals surface area contributed by atoms with Gasteiger partial charge in [0.05, 0.1) is 0 Å². The number of hydrogen-bond donors (Lipinski definition) is 1. The number of hydrogen-bond acceptors (Lipinski definition) is 2. The molecule has 0 amide bonds. The smallest absolute Gasteiger partial charge is 0.123 e. The Kier molecular flexibility index (Phi) is 5.49. The summed E-state index contributed by atoms with van der Waals surface area (Å²) in [5.41, 5.74) is 8.25. The van der Waals surface area contributed by atoms with Gasteiger partial charge in [0.1, 0.15) is 11.9 Å². The summed E-state index contributed by atoms with van der Waals surface area (Å²) in [7, 11) is 0. The summed E-state index contributed by atoms with van der Waals surface area (Å²) in [6.07, 6.45) is 2.26. The summed E-state index contributed by atoms with van der Waals surface area (Å²) in [5.74, 6) is 1.48. The Balaban J connectivity index is 2.90. The fourth-order valence-corrected chi connectivity index (χ4v) is 1.95. The fraction of sp³-hybridized carbons (Fsp3) is 0.600. The Hall–Kier alpha value is -1.02. The SMILES string of the molecule is CCCC(CN)Oc1cc(C)ccc1C(C)C. The zero-order valence-corrected chi connectivity index (χ0v) is 11.5. The van der Waals surface area contributed by atoms with Gasteiger partial charge in [0.15, 0.2) is 0 Å². The molecule has 96 valence electrons. The van der Waals surface area contributed by atoms with Crippen LogP contribution in [-0.4, -0.2) is 12.6 Å². The van der Waals surface area contributed by atoms with E-state index < -0.39 is 0 Å². The van der Waals surface area contributed by atoms with Crippen molar-refractivity contribution < 1.29 is 4.74 Å². The van der Waals surface area contributed by atoms with Crippen LogP contribution in [0.1, 0.15) is 50.7 Å². The highest BCUT2D eigenvalue weighted by molar-refractivity contribution is 5.39. The van der Waals surface area contributed by atoms with Gasteiger partial charge in [-0.25, -0.2) is 0 Å². The molecule has 0 saturated heterocycles. The van der Waals surface area contributed by atoms with Gasteiger partial charge in [0.25, 0.3) is 0 Å². The van der Waals surface area contributed by atoms with E-state index in [1.165, 1.54) is 11.1 Å². The number of benzene rings is 1. The van der Waals surface area contributed by atoms with Gasteiger partial charge in [-0.3, -0.25) is 0 Å². The molecular formula is C15H25NO. The van der Waals surface area contributed by atoms with E-state index in [4.69, 9.17) is 10.5 Å². The molecule has 0 aliphatic carbocycles. The molecule has 17 heavy (non-hydrogen) atoms. The summed E-state index contributed by atoms with van der Waals surface area (Å²) in [6.45, 7) is 9.21. The Morgan fingerprint density at radius 1 is 1.29 bits per heavy atom. The van der Waals surface area contributed by atoms with Crippen LogP contribution < -0.4 is 10.5 Å². The minimum Gasteiger partial charge on any atom is -0.489 e. The molecule has 0 aromatic heterocycles. The average molecular weight is 235 g/mol. The van der Waals surface area contributed by atoms with Crippen LogP contribution in [0, 0.1) is 6.92 Å². The van der Waals surface area contributed by atoms with Crippen molar-refractivity contribution in [3.05, 3.63) is 29.3 Å². The van der Waals surface area contributed by atoms with Gasteiger partial charge in [0.2, 0.25) is 0 Å². The first-order valence-corrected chi connectivity index (χ1v) is 6.55. The highest BCUT2D eigenvalue weighted by Crippen LogP contribution is 2.28. The number of ether oxygens (including phenoxy) is 1. The van der Waals surface area contributed by atoms with E-state index >= 15 is 0 Å². The van der Waals surface area contributed by atoms with Gasteiger partial charge in [-0.2, -0.15) is 0 Å². The van der Waals surface area contributed by atoms with E-state index in [1.54, 1.807) is 0 Å². The molecule has 1 rings (SSSR count). The van der Waals surface area contributed by atoms with Crippen LogP contribution in [0.5, 0.6) is 5.75 Å². The maximum absolute atomic E-state index is 6.05. The zero-order chi connectivity index (χ0) is 12.8. The summed E-state index contributed by atoms with van der Waals surface area (Å²) in [5, 5.41) is 0. The van der Waals surface area contributed by atoms with Gasteiger partial charge in [0, 0.05) is 6.54 Å². The first-order valence-electron chi connectivity index (χ1n) is 6.55. The van der Waals surface area contributed by atoms with Crippen LogP contribution in [0.4, 0.5) is 0 Å². The highest BCUT2D eigenvalue weighted by atomic mass is 16.5. The molecule has 1 aromatic carbocycles. The van der Waals surface area contributed by atoms with Crippen molar-refractivity contribution in [3.8, 4) is 5.75 Å². The van der Waals surface area contributed by atoms with Crippen LogP contribution in [-0.2, 0) is 0 Å². The molecule has 0 spiro atoms. The summed E-state index contributed by atoms with van der Waals surface area (Å²) >= 11 is 0. The third-order valence-corrected chi connectivity index (χ3v) is 2.96. The molecule has 1 atom stereocenters. The molecular weight excluding hydrogens is 210 g/mol. The van der Waals surface area contributed by atoms with E-state index in [1.807, 2.05) is 0 Å². The van der Waals surface area contributed by atoms with Crippen LogP contribution in [0.25, 0.3) is 0 Å². The van der Waals surface area contributed by atoms with Crippen molar-refractivity contribution in [3.63, 3.8) is 0 Å². The second-order valence-electron chi connectivity index (χ2n) is 4.96. The largest absolute Gasteiger partial charge is 0.489 e. The molecule has 0 radical (unpaired) electrons. The van der Waals surface area contributed by atoms with E-state index in [-0.39, 0.29) is 6.10 Å². The first-order chi connectivity index (χ1) is 8.08. The molecule has 0 bridgehead atoms. The van der Waals surface area contributed by atoms with Gasteiger partial charge in [-0.15, -0.1) is 0 Å². The molecule has 1 unspecified atom stereocenters. The summed E-state index contributed by atoms with van der Waals surface area (Å²) in [6, 6.07) is 6.42. The van der Waals surface area contributed by atoms with Gasteiger partial charge < -0.3 is 10.5 Å². The Labute approximate surface area is 105 Å². The van der Waals surface area contributed by atoms with Crippen molar-refractivity contribution in [1.82, 2.24) is 0 Å². The molecule has 2 heteroatoms. The van der Waals surface area contributed by atoms with Gasteiger partial charge in [-0.05, 0) is 36.5 Å². The Morgan fingerprint density at radius 3 is 2.53 bits per heavy atom. The monoisotopic (exact) mass is 235 g/mol. The average Bonchev–Trinajstić information content (AvgIpc) is 2.28. The summed E-state index contributed by atoms with van der Waals surface area (Å²) in [4.78, 5) is 0. The van der Waals surface area contributed by atoms with Crippen molar-refractivity contribution >= 4 is 0 Å². The fourth-order valence-electron chi connectivity index (χ4n) is 1.95. The van der Waals surface area contributed by atoms with Crippen molar-refractivity contribution in [2.24, 2.45) is 5.73 Å². The van der Waals surface area contributed by atoms with Crippen LogP contribution >= 0.6 is 0 Å². The van der Waals surface area contributed by atoms with Crippen LogP contribution in [0.15, 0.2) is 18.2 Å². The van der Waals surface area contributed by atoms with Crippen molar-refractivity contribution in [2.45, 2.75) is 52.6 Å². The maximum Gasteiger partial charge on any atom is 0.123 e. The zero-order valence-electron chi connectivity index (χ0n) is 11.5. The maximum atomic E-state index is 6.05. The van der Waals surface area contributed by atoms with E-state index in [0.29, 0.717) is 12.5 Å². The Morgan fingerprint density at radius 2 is 2.00 bits per heavy atom. The van der Waals surface area contributed by atoms with E-state index in [2.05, 4.69) is 45.9 Å². The molecule has 0 aliphatic rings. The van der Waals surface area contributed by atoms with Gasteiger partial charge in [-0.1, -0.05) is 39.3 Å². The number of nitrogens with two attached hydrogens (primary N) is 1. The molecule has 0 fully saturated rings. The van der Waals surface area contributed by atoms with Gasteiger partial charge >= 0.3 is 0 Å². The predicted molar refractivity (Wildman–Crippen MR) is 73.6 cm³/mol. The first kappa shape index (κ1) is 14.0. The Bertz CT molecular complexity index is 347. The highest BCUT2D eigenvalue weighted by Gasteiger charge is 2.12. The van der Waals surface area contributed by atoms with Crippen LogP contribution in [0.2, 0.25) is 0 Å². The minimum absolute atomic E-state index is 0.138. The second kappa shape index (κ2) is 6.65. The minimum atomic E-state index is 0.138. The predicted octanol–water partition coefficient (Wildman–Crippen LogP) is 3.62. The lowest BCUT2D eigenvalue weighted by molar-refractivity contribution is 0.195. The normalized spacial score (nSPS) is 12.8. The molecule has 2 nitrogen and oxygen atoms in total. The lowest BCUT2D eigenvalue weighted by atomic mass is 10.0. The van der Waals surface area contributed by atoms with E-state index in [9.17, 15) is 0 Å². The molecule has 0 aliphatic heterocycles. The molecule has 0 saturated carbocycles.